The number of nitrogens with zero attached hydrogens (tertiary/aromatic N) is 2. The number of thiazole rings is 1. The molecule has 2 rings (SSSR count). The molecule has 1 unspecified atom stereocenters. The first-order chi connectivity index (χ1) is 12.0. The molecule has 5 nitrogen and oxygen atoms in total. The van der Waals surface area contributed by atoms with Gasteiger partial charge in [0.1, 0.15) is 5.75 Å². The van der Waals surface area contributed by atoms with Crippen LogP contribution >= 0.6 is 11.3 Å². The zero-order valence-electron chi connectivity index (χ0n) is 15.7. The number of aliphatic imine (C=N–C) groups is 1. The summed E-state index contributed by atoms with van der Waals surface area (Å²) in [5.41, 5.74) is 1.19. The van der Waals surface area contributed by atoms with Crippen molar-refractivity contribution in [2.24, 2.45) is 10.9 Å². The number of rotatable bonds is 7. The van der Waals surface area contributed by atoms with Crippen LogP contribution in [-0.2, 0) is 6.54 Å². The summed E-state index contributed by atoms with van der Waals surface area (Å²) in [7, 11) is 1.78. The SMILES string of the molecule is CN=C(NCc1cnc(C)s1)NC(C)c1ccc(OCC(C)C)cc1. The Labute approximate surface area is 154 Å². The van der Waals surface area contributed by atoms with E-state index in [9.17, 15) is 0 Å². The second-order valence-electron chi connectivity index (χ2n) is 6.41. The van der Waals surface area contributed by atoms with Crippen LogP contribution in [0.25, 0.3) is 0 Å². The number of hydrogen-bond donors (Lipinski definition) is 2. The number of hydrogen-bond acceptors (Lipinski definition) is 4. The van der Waals surface area contributed by atoms with E-state index >= 15 is 0 Å². The highest BCUT2D eigenvalue weighted by Gasteiger charge is 2.09. The van der Waals surface area contributed by atoms with Gasteiger partial charge in [0.05, 0.1) is 24.2 Å². The van der Waals surface area contributed by atoms with E-state index in [4.69, 9.17) is 4.74 Å². The molecule has 0 aliphatic carbocycles. The fourth-order valence-electron chi connectivity index (χ4n) is 2.26. The first kappa shape index (κ1) is 19.2. The highest BCUT2D eigenvalue weighted by Crippen LogP contribution is 2.18. The van der Waals surface area contributed by atoms with E-state index in [-0.39, 0.29) is 6.04 Å². The molecular weight excluding hydrogens is 332 g/mol. The molecule has 1 heterocycles. The van der Waals surface area contributed by atoms with Gasteiger partial charge in [0.2, 0.25) is 0 Å². The number of ether oxygens (including phenoxy) is 1. The molecule has 0 bridgehead atoms. The number of guanidine groups is 1. The Bertz CT molecular complexity index is 679. The normalized spacial score (nSPS) is 13.0. The maximum Gasteiger partial charge on any atom is 0.191 e. The van der Waals surface area contributed by atoms with Gasteiger partial charge in [-0.05, 0) is 37.5 Å². The third-order valence-corrected chi connectivity index (χ3v) is 4.55. The second kappa shape index (κ2) is 9.42. The summed E-state index contributed by atoms with van der Waals surface area (Å²) in [6, 6.07) is 8.37. The zero-order valence-corrected chi connectivity index (χ0v) is 16.5. The molecule has 0 saturated heterocycles. The lowest BCUT2D eigenvalue weighted by Gasteiger charge is -2.18. The second-order valence-corrected chi connectivity index (χ2v) is 7.73. The Morgan fingerprint density at radius 2 is 1.96 bits per heavy atom. The van der Waals surface area contributed by atoms with Crippen molar-refractivity contribution in [2.75, 3.05) is 13.7 Å². The molecule has 1 aromatic heterocycles. The standard InChI is InChI=1S/C19H28N4OS/c1-13(2)12-24-17-8-6-16(7-9-17)14(3)23-19(20-5)22-11-18-10-21-15(4)25-18/h6-10,13-14H,11-12H2,1-5H3,(H2,20,22,23). The lowest BCUT2D eigenvalue weighted by atomic mass is 10.1. The van der Waals surface area contributed by atoms with E-state index in [0.717, 1.165) is 29.9 Å². The van der Waals surface area contributed by atoms with Gasteiger partial charge < -0.3 is 15.4 Å². The van der Waals surface area contributed by atoms with Gasteiger partial charge in [0.15, 0.2) is 5.96 Å². The summed E-state index contributed by atoms with van der Waals surface area (Å²) in [4.78, 5) is 9.76. The Morgan fingerprint density at radius 1 is 1.24 bits per heavy atom. The van der Waals surface area contributed by atoms with Gasteiger partial charge >= 0.3 is 0 Å². The van der Waals surface area contributed by atoms with Gasteiger partial charge in [-0.1, -0.05) is 26.0 Å². The molecule has 25 heavy (non-hydrogen) atoms. The summed E-state index contributed by atoms with van der Waals surface area (Å²) in [5, 5.41) is 7.82. The first-order valence-corrected chi connectivity index (χ1v) is 9.40. The monoisotopic (exact) mass is 360 g/mol. The van der Waals surface area contributed by atoms with Crippen molar-refractivity contribution in [2.45, 2.75) is 40.3 Å². The van der Waals surface area contributed by atoms with Crippen LogP contribution in [0.15, 0.2) is 35.5 Å². The maximum absolute atomic E-state index is 5.73. The average molecular weight is 361 g/mol. The Balaban J connectivity index is 1.87. The van der Waals surface area contributed by atoms with Crippen LogP contribution in [0.2, 0.25) is 0 Å². The third kappa shape index (κ3) is 6.38. The van der Waals surface area contributed by atoms with Crippen molar-refractivity contribution in [3.63, 3.8) is 0 Å². The Morgan fingerprint density at radius 3 is 2.52 bits per heavy atom. The van der Waals surface area contributed by atoms with Crippen LogP contribution in [0.3, 0.4) is 0 Å². The van der Waals surface area contributed by atoms with Crippen molar-refractivity contribution in [3.8, 4) is 5.75 Å². The predicted molar refractivity (Wildman–Crippen MR) is 105 cm³/mol. The zero-order chi connectivity index (χ0) is 18.2. The van der Waals surface area contributed by atoms with Crippen molar-refractivity contribution in [1.82, 2.24) is 15.6 Å². The fourth-order valence-corrected chi connectivity index (χ4v) is 2.99. The topological polar surface area (TPSA) is 58.5 Å². The van der Waals surface area contributed by atoms with Crippen molar-refractivity contribution in [1.29, 1.82) is 0 Å². The largest absolute Gasteiger partial charge is 0.493 e. The molecule has 0 aliphatic rings. The number of aryl methyl sites for hydroxylation is 1. The van der Waals surface area contributed by atoms with Crippen LogP contribution in [0, 0.1) is 12.8 Å². The lowest BCUT2D eigenvalue weighted by Crippen LogP contribution is -2.38. The van der Waals surface area contributed by atoms with E-state index < -0.39 is 0 Å². The number of nitrogens with one attached hydrogen (secondary N) is 2. The van der Waals surface area contributed by atoms with Gasteiger partial charge in [0, 0.05) is 18.1 Å². The predicted octanol–water partition coefficient (Wildman–Crippen LogP) is 3.91. The van der Waals surface area contributed by atoms with E-state index in [1.165, 1.54) is 10.4 Å². The van der Waals surface area contributed by atoms with Crippen molar-refractivity contribution < 1.29 is 4.74 Å². The molecule has 0 saturated carbocycles. The highest BCUT2D eigenvalue weighted by atomic mass is 32.1. The summed E-state index contributed by atoms with van der Waals surface area (Å²) >= 11 is 1.69. The van der Waals surface area contributed by atoms with Crippen molar-refractivity contribution in [3.05, 3.63) is 45.9 Å². The molecule has 1 atom stereocenters. The average Bonchev–Trinajstić information content (AvgIpc) is 3.02. The molecule has 0 aliphatic heterocycles. The van der Waals surface area contributed by atoms with Crippen LogP contribution in [0.1, 0.15) is 42.3 Å². The smallest absolute Gasteiger partial charge is 0.191 e. The number of benzene rings is 1. The molecule has 6 heteroatoms. The molecule has 136 valence electrons. The molecule has 0 radical (unpaired) electrons. The van der Waals surface area contributed by atoms with Gasteiger partial charge in [-0.15, -0.1) is 11.3 Å². The van der Waals surface area contributed by atoms with E-state index in [2.05, 4.69) is 53.5 Å². The van der Waals surface area contributed by atoms with Gasteiger partial charge in [-0.3, -0.25) is 4.99 Å². The minimum absolute atomic E-state index is 0.147. The molecular formula is C19H28N4OS. The highest BCUT2D eigenvalue weighted by molar-refractivity contribution is 7.11. The molecule has 1 aromatic carbocycles. The number of aromatic nitrogens is 1. The summed E-state index contributed by atoms with van der Waals surface area (Å²) in [6.45, 7) is 9.88. The lowest BCUT2D eigenvalue weighted by molar-refractivity contribution is 0.271. The van der Waals surface area contributed by atoms with Crippen LogP contribution in [-0.4, -0.2) is 24.6 Å². The van der Waals surface area contributed by atoms with Crippen LogP contribution in [0.4, 0.5) is 0 Å². The van der Waals surface area contributed by atoms with Gasteiger partial charge in [-0.25, -0.2) is 4.98 Å². The minimum atomic E-state index is 0.147. The molecule has 0 spiro atoms. The Kier molecular flexibility index (Phi) is 7.25. The summed E-state index contributed by atoms with van der Waals surface area (Å²) < 4.78 is 5.73. The first-order valence-electron chi connectivity index (χ1n) is 8.59. The molecule has 0 fully saturated rings. The molecule has 2 aromatic rings. The molecule has 2 N–H and O–H groups in total. The summed E-state index contributed by atoms with van der Waals surface area (Å²) in [5.74, 6) is 2.21. The van der Waals surface area contributed by atoms with Crippen molar-refractivity contribution >= 4 is 17.3 Å². The third-order valence-electron chi connectivity index (χ3n) is 3.64. The van der Waals surface area contributed by atoms with Gasteiger partial charge in [-0.2, -0.15) is 0 Å². The van der Waals surface area contributed by atoms with Crippen LogP contribution < -0.4 is 15.4 Å². The maximum atomic E-state index is 5.73. The quantitative estimate of drug-likeness (QED) is 0.580. The fraction of sp³-hybridized carbons (Fsp3) is 0.474. The van der Waals surface area contributed by atoms with E-state index in [1.54, 1.807) is 18.4 Å². The van der Waals surface area contributed by atoms with E-state index in [0.29, 0.717) is 5.92 Å². The van der Waals surface area contributed by atoms with Crippen LogP contribution in [0.5, 0.6) is 5.75 Å². The summed E-state index contributed by atoms with van der Waals surface area (Å²) in [6.07, 6.45) is 1.90. The van der Waals surface area contributed by atoms with Gasteiger partial charge in [0.25, 0.3) is 0 Å². The minimum Gasteiger partial charge on any atom is -0.493 e. The van der Waals surface area contributed by atoms with E-state index in [1.807, 2.05) is 25.3 Å². The Hall–Kier alpha value is -2.08. The molecule has 0 amide bonds.